The summed E-state index contributed by atoms with van der Waals surface area (Å²) in [5.41, 5.74) is 1.83. The van der Waals surface area contributed by atoms with E-state index in [0.717, 1.165) is 29.7 Å². The van der Waals surface area contributed by atoms with Crippen molar-refractivity contribution in [3.8, 4) is 11.8 Å². The molecular formula is C18H14ClN3O. The smallest absolute Gasteiger partial charge is 0.317 e. The lowest BCUT2D eigenvalue weighted by Crippen LogP contribution is -2.52. The lowest BCUT2D eigenvalue weighted by Gasteiger charge is -2.36. The standard InChI is InChI=1S/C18H14ClN3O/c19-14-5-6-16-15(10-14)18(13-3-4-13,22-17(23)21-16)8-7-12-2-1-9-20-11-12/h1-2,5-6,9-11,13H,3-4H2,(H2,21,22,23)/t18-/m1/s1. The van der Waals surface area contributed by atoms with Gasteiger partial charge >= 0.3 is 6.03 Å². The van der Waals surface area contributed by atoms with Gasteiger partial charge in [0.05, 0.1) is 0 Å². The summed E-state index contributed by atoms with van der Waals surface area (Å²) < 4.78 is 0. The molecule has 2 heterocycles. The van der Waals surface area contributed by atoms with Gasteiger partial charge in [-0.1, -0.05) is 23.4 Å². The molecule has 2 amide bonds. The maximum Gasteiger partial charge on any atom is 0.320 e. The van der Waals surface area contributed by atoms with Gasteiger partial charge in [-0.3, -0.25) is 4.98 Å². The molecular weight excluding hydrogens is 310 g/mol. The number of nitrogens with one attached hydrogen (secondary N) is 2. The number of carbonyl (C=O) groups excluding carboxylic acids is 1. The van der Waals surface area contributed by atoms with E-state index in [1.807, 2.05) is 24.3 Å². The van der Waals surface area contributed by atoms with Crippen molar-refractivity contribution in [3.63, 3.8) is 0 Å². The van der Waals surface area contributed by atoms with Gasteiger partial charge in [-0.15, -0.1) is 0 Å². The second-order valence-corrected chi connectivity index (χ2v) is 6.28. The number of carbonyl (C=O) groups is 1. The van der Waals surface area contributed by atoms with E-state index in [1.165, 1.54) is 0 Å². The number of benzene rings is 1. The van der Waals surface area contributed by atoms with Gasteiger partial charge in [0.1, 0.15) is 5.54 Å². The molecule has 1 aromatic heterocycles. The van der Waals surface area contributed by atoms with E-state index < -0.39 is 5.54 Å². The molecule has 1 atom stereocenters. The molecule has 1 aliphatic heterocycles. The molecule has 2 aromatic rings. The van der Waals surface area contributed by atoms with E-state index >= 15 is 0 Å². The van der Waals surface area contributed by atoms with Crippen molar-refractivity contribution in [2.24, 2.45) is 5.92 Å². The van der Waals surface area contributed by atoms with Crippen LogP contribution in [0.15, 0.2) is 42.7 Å². The monoisotopic (exact) mass is 323 g/mol. The minimum atomic E-state index is -0.696. The van der Waals surface area contributed by atoms with Gasteiger partial charge in [-0.05, 0) is 49.1 Å². The van der Waals surface area contributed by atoms with E-state index in [9.17, 15) is 4.79 Å². The van der Waals surface area contributed by atoms with Gasteiger partial charge in [0, 0.05) is 34.2 Å². The molecule has 0 bridgehead atoms. The summed E-state index contributed by atoms with van der Waals surface area (Å²) in [7, 11) is 0. The number of fused-ring (bicyclic) bond motifs is 1. The number of urea groups is 1. The fourth-order valence-corrected chi connectivity index (χ4v) is 3.17. The van der Waals surface area contributed by atoms with E-state index in [4.69, 9.17) is 11.6 Å². The number of nitrogens with zero attached hydrogens (tertiary/aromatic N) is 1. The molecule has 2 N–H and O–H groups in total. The topological polar surface area (TPSA) is 54.0 Å². The Hall–Kier alpha value is -2.51. The molecule has 5 heteroatoms. The van der Waals surface area contributed by atoms with Crippen LogP contribution >= 0.6 is 11.6 Å². The third kappa shape index (κ3) is 2.54. The molecule has 4 rings (SSSR count). The quantitative estimate of drug-likeness (QED) is 0.789. The summed E-state index contributed by atoms with van der Waals surface area (Å²) >= 11 is 6.18. The van der Waals surface area contributed by atoms with Crippen LogP contribution in [0.1, 0.15) is 24.0 Å². The van der Waals surface area contributed by atoms with E-state index in [1.54, 1.807) is 18.5 Å². The van der Waals surface area contributed by atoms with E-state index in [-0.39, 0.29) is 6.03 Å². The summed E-state index contributed by atoms with van der Waals surface area (Å²) in [5.74, 6) is 6.77. The molecule has 0 spiro atoms. The molecule has 4 nitrogen and oxygen atoms in total. The first kappa shape index (κ1) is 14.1. The largest absolute Gasteiger partial charge is 0.320 e. The average Bonchev–Trinajstić information content (AvgIpc) is 3.39. The van der Waals surface area contributed by atoms with Crippen molar-refractivity contribution in [3.05, 3.63) is 58.9 Å². The highest BCUT2D eigenvalue weighted by atomic mass is 35.5. The number of hydrogen-bond donors (Lipinski definition) is 2. The van der Waals surface area contributed by atoms with Gasteiger partial charge in [-0.2, -0.15) is 0 Å². The van der Waals surface area contributed by atoms with Crippen molar-refractivity contribution in [2.75, 3.05) is 5.32 Å². The molecule has 1 aromatic carbocycles. The van der Waals surface area contributed by atoms with Crippen molar-refractivity contribution in [2.45, 2.75) is 18.4 Å². The van der Waals surface area contributed by atoms with Crippen molar-refractivity contribution >= 4 is 23.3 Å². The van der Waals surface area contributed by atoms with Gasteiger partial charge < -0.3 is 10.6 Å². The van der Waals surface area contributed by atoms with Crippen LogP contribution in [0.5, 0.6) is 0 Å². The van der Waals surface area contributed by atoms with Crippen LogP contribution < -0.4 is 10.6 Å². The number of aromatic nitrogens is 1. The average molecular weight is 324 g/mol. The van der Waals surface area contributed by atoms with Crippen LogP contribution in [0.3, 0.4) is 0 Å². The molecule has 1 fully saturated rings. The maximum absolute atomic E-state index is 12.1. The number of amides is 2. The number of rotatable bonds is 1. The first-order valence-corrected chi connectivity index (χ1v) is 7.87. The summed E-state index contributed by atoms with van der Waals surface area (Å²) in [6, 6.07) is 9.02. The lowest BCUT2D eigenvalue weighted by atomic mass is 9.82. The third-order valence-corrected chi connectivity index (χ3v) is 4.46. The highest BCUT2D eigenvalue weighted by Gasteiger charge is 2.50. The summed E-state index contributed by atoms with van der Waals surface area (Å²) in [4.78, 5) is 16.2. The Morgan fingerprint density at radius 3 is 2.91 bits per heavy atom. The molecule has 114 valence electrons. The van der Waals surface area contributed by atoms with E-state index in [2.05, 4.69) is 27.5 Å². The summed E-state index contributed by atoms with van der Waals surface area (Å²) in [6.07, 6.45) is 5.50. The summed E-state index contributed by atoms with van der Waals surface area (Å²) in [6.45, 7) is 0. The predicted molar refractivity (Wildman–Crippen MR) is 89.1 cm³/mol. The number of anilines is 1. The molecule has 23 heavy (non-hydrogen) atoms. The zero-order valence-electron chi connectivity index (χ0n) is 12.3. The maximum atomic E-state index is 12.1. The van der Waals surface area contributed by atoms with Crippen LogP contribution in [0.4, 0.5) is 10.5 Å². The Morgan fingerprint density at radius 2 is 2.17 bits per heavy atom. The Balaban J connectivity index is 1.87. The van der Waals surface area contributed by atoms with Crippen molar-refractivity contribution in [1.82, 2.24) is 10.3 Å². The Bertz CT molecular complexity index is 836. The first-order chi connectivity index (χ1) is 11.2. The number of pyridine rings is 1. The zero-order valence-corrected chi connectivity index (χ0v) is 13.0. The molecule has 0 radical (unpaired) electrons. The van der Waals surface area contributed by atoms with Gasteiger partial charge in [-0.25, -0.2) is 4.79 Å². The number of halogens is 1. The molecule has 0 unspecified atom stereocenters. The summed E-state index contributed by atoms with van der Waals surface area (Å²) in [5, 5.41) is 6.51. The van der Waals surface area contributed by atoms with Crippen molar-refractivity contribution in [1.29, 1.82) is 0 Å². The minimum Gasteiger partial charge on any atom is -0.317 e. The van der Waals surface area contributed by atoms with E-state index in [0.29, 0.717) is 10.9 Å². The second-order valence-electron chi connectivity index (χ2n) is 5.84. The Kier molecular flexibility index (Phi) is 3.24. The van der Waals surface area contributed by atoms with Crippen LogP contribution in [-0.4, -0.2) is 11.0 Å². The zero-order chi connectivity index (χ0) is 15.9. The molecule has 1 saturated carbocycles. The van der Waals surface area contributed by atoms with Gasteiger partial charge in [0.2, 0.25) is 0 Å². The third-order valence-electron chi connectivity index (χ3n) is 4.22. The van der Waals surface area contributed by atoms with Gasteiger partial charge in [0.15, 0.2) is 0 Å². The fraction of sp³-hybridized carbons (Fsp3) is 0.222. The highest BCUT2D eigenvalue weighted by molar-refractivity contribution is 6.30. The predicted octanol–water partition coefficient (Wildman–Crippen LogP) is 3.53. The molecule has 2 aliphatic rings. The molecule has 1 aliphatic carbocycles. The SMILES string of the molecule is O=C1Nc2ccc(Cl)cc2[C@@](C#Cc2cccnc2)(C2CC2)N1. The van der Waals surface area contributed by atoms with Crippen LogP contribution in [0.2, 0.25) is 5.02 Å². The van der Waals surface area contributed by atoms with Crippen molar-refractivity contribution < 1.29 is 4.79 Å². The van der Waals surface area contributed by atoms with Crippen LogP contribution in [-0.2, 0) is 5.54 Å². The van der Waals surface area contributed by atoms with Crippen LogP contribution in [0, 0.1) is 17.8 Å². The Morgan fingerprint density at radius 1 is 1.30 bits per heavy atom. The van der Waals surface area contributed by atoms with Gasteiger partial charge in [0.25, 0.3) is 0 Å². The second kappa shape index (κ2) is 5.29. The fourth-order valence-electron chi connectivity index (χ4n) is 3.00. The lowest BCUT2D eigenvalue weighted by molar-refractivity contribution is 0.238. The first-order valence-electron chi connectivity index (χ1n) is 7.50. The Labute approximate surface area is 139 Å². The number of hydrogen-bond acceptors (Lipinski definition) is 2. The highest BCUT2D eigenvalue weighted by Crippen LogP contribution is 2.49. The van der Waals surface area contributed by atoms with Crippen LogP contribution in [0.25, 0.3) is 0 Å². The normalized spacial score (nSPS) is 22.2. The molecule has 0 saturated heterocycles. The minimum absolute atomic E-state index is 0.229.